The van der Waals surface area contributed by atoms with E-state index >= 15 is 0 Å². The zero-order valence-corrected chi connectivity index (χ0v) is 19.9. The summed E-state index contributed by atoms with van der Waals surface area (Å²) in [6, 6.07) is 17.2. The van der Waals surface area contributed by atoms with Gasteiger partial charge in [-0.15, -0.1) is 0 Å². The van der Waals surface area contributed by atoms with Crippen molar-refractivity contribution in [2.24, 2.45) is 0 Å². The maximum atomic E-state index is 13.7. The van der Waals surface area contributed by atoms with E-state index in [-0.39, 0.29) is 17.5 Å². The SMILES string of the molecule is COc1ccc(C)cc1NC1=C(c2ccc(C)cc2C)C(=O)N(c2ccc(C)c(C)c2)C1=O. The quantitative estimate of drug-likeness (QED) is 0.522. The van der Waals surface area contributed by atoms with Crippen LogP contribution < -0.4 is 15.0 Å². The summed E-state index contributed by atoms with van der Waals surface area (Å²) in [5, 5.41) is 3.24. The highest BCUT2D eigenvalue weighted by molar-refractivity contribution is 6.46. The number of nitrogens with one attached hydrogen (secondary N) is 1. The first kappa shape index (κ1) is 22.3. The van der Waals surface area contributed by atoms with Crippen molar-refractivity contribution in [1.82, 2.24) is 0 Å². The van der Waals surface area contributed by atoms with E-state index in [1.165, 1.54) is 4.90 Å². The van der Waals surface area contributed by atoms with E-state index in [1.54, 1.807) is 7.11 Å². The van der Waals surface area contributed by atoms with Crippen molar-refractivity contribution in [1.29, 1.82) is 0 Å². The molecular weight excluding hydrogens is 412 g/mol. The van der Waals surface area contributed by atoms with E-state index in [9.17, 15) is 9.59 Å². The molecule has 0 bridgehead atoms. The molecule has 2 amide bonds. The van der Waals surface area contributed by atoms with Gasteiger partial charge in [-0.2, -0.15) is 0 Å². The lowest BCUT2D eigenvalue weighted by Crippen LogP contribution is -2.32. The molecule has 0 spiro atoms. The van der Waals surface area contributed by atoms with Crippen molar-refractivity contribution in [3.05, 3.63) is 93.7 Å². The van der Waals surface area contributed by atoms with E-state index in [0.29, 0.717) is 22.7 Å². The maximum Gasteiger partial charge on any atom is 0.282 e. The lowest BCUT2D eigenvalue weighted by Gasteiger charge is -2.17. The van der Waals surface area contributed by atoms with E-state index in [2.05, 4.69) is 5.32 Å². The first-order valence-corrected chi connectivity index (χ1v) is 10.9. The zero-order valence-electron chi connectivity index (χ0n) is 19.9. The summed E-state index contributed by atoms with van der Waals surface area (Å²) >= 11 is 0. The van der Waals surface area contributed by atoms with Crippen molar-refractivity contribution < 1.29 is 14.3 Å². The molecule has 5 nitrogen and oxygen atoms in total. The predicted molar refractivity (Wildman–Crippen MR) is 133 cm³/mol. The van der Waals surface area contributed by atoms with Crippen LogP contribution in [0.25, 0.3) is 5.57 Å². The fraction of sp³-hybridized carbons (Fsp3) is 0.214. The Morgan fingerprint density at radius 3 is 2.09 bits per heavy atom. The van der Waals surface area contributed by atoms with Crippen LogP contribution >= 0.6 is 0 Å². The number of benzene rings is 3. The number of rotatable bonds is 5. The normalized spacial score (nSPS) is 13.7. The Kier molecular flexibility index (Phi) is 5.81. The second kappa shape index (κ2) is 8.58. The third-order valence-corrected chi connectivity index (χ3v) is 6.10. The molecule has 0 unspecified atom stereocenters. The van der Waals surface area contributed by atoms with Gasteiger partial charge in [-0.1, -0.05) is 35.9 Å². The second-order valence-electron chi connectivity index (χ2n) is 8.61. The number of methoxy groups -OCH3 is 1. The van der Waals surface area contributed by atoms with Crippen molar-refractivity contribution in [2.45, 2.75) is 34.6 Å². The number of ether oxygens (including phenoxy) is 1. The molecule has 1 heterocycles. The maximum absolute atomic E-state index is 13.7. The Balaban J connectivity index is 1.90. The Morgan fingerprint density at radius 2 is 1.42 bits per heavy atom. The van der Waals surface area contributed by atoms with Gasteiger partial charge in [0.05, 0.1) is 24.1 Å². The summed E-state index contributed by atoms with van der Waals surface area (Å²) in [4.78, 5) is 28.7. The molecule has 0 saturated heterocycles. The number of anilines is 2. The van der Waals surface area contributed by atoms with Crippen LogP contribution in [0, 0.1) is 34.6 Å². The molecule has 5 heteroatoms. The van der Waals surface area contributed by atoms with Crippen LogP contribution in [-0.2, 0) is 9.59 Å². The number of hydrogen-bond donors (Lipinski definition) is 1. The number of hydrogen-bond acceptors (Lipinski definition) is 4. The summed E-state index contributed by atoms with van der Waals surface area (Å²) < 4.78 is 5.50. The van der Waals surface area contributed by atoms with Crippen molar-refractivity contribution in [3.63, 3.8) is 0 Å². The Labute approximate surface area is 194 Å². The molecule has 1 N–H and O–H groups in total. The van der Waals surface area contributed by atoms with E-state index < -0.39 is 0 Å². The summed E-state index contributed by atoms with van der Waals surface area (Å²) in [6.07, 6.45) is 0. The number of aryl methyl sites for hydroxylation is 5. The van der Waals surface area contributed by atoms with Gasteiger partial charge in [0.15, 0.2) is 0 Å². The Bertz CT molecular complexity index is 1320. The molecule has 168 valence electrons. The van der Waals surface area contributed by atoms with Crippen LogP contribution in [0.15, 0.2) is 60.3 Å². The monoisotopic (exact) mass is 440 g/mol. The molecule has 0 aromatic heterocycles. The molecule has 1 aliphatic heterocycles. The minimum absolute atomic E-state index is 0.245. The number of amides is 2. The van der Waals surface area contributed by atoms with Crippen LogP contribution in [0.3, 0.4) is 0 Å². The van der Waals surface area contributed by atoms with Crippen molar-refractivity contribution >= 4 is 28.8 Å². The van der Waals surface area contributed by atoms with Gasteiger partial charge >= 0.3 is 0 Å². The highest BCUT2D eigenvalue weighted by Crippen LogP contribution is 2.37. The number of nitrogens with zero attached hydrogens (tertiary/aromatic N) is 1. The molecule has 0 saturated carbocycles. The zero-order chi connectivity index (χ0) is 23.9. The number of carbonyl (C=O) groups is 2. The van der Waals surface area contributed by atoms with Gasteiger partial charge in [0, 0.05) is 0 Å². The Morgan fingerprint density at radius 1 is 0.727 bits per heavy atom. The van der Waals surface area contributed by atoms with Crippen molar-refractivity contribution in [3.8, 4) is 5.75 Å². The molecule has 0 atom stereocenters. The molecule has 3 aromatic carbocycles. The van der Waals surface area contributed by atoms with Crippen LogP contribution in [0.4, 0.5) is 11.4 Å². The highest BCUT2D eigenvalue weighted by Gasteiger charge is 2.41. The van der Waals surface area contributed by atoms with Crippen LogP contribution in [-0.4, -0.2) is 18.9 Å². The summed E-state index contributed by atoms with van der Waals surface area (Å²) in [7, 11) is 1.58. The van der Waals surface area contributed by atoms with Gasteiger partial charge in [0.1, 0.15) is 11.4 Å². The lowest BCUT2D eigenvalue weighted by atomic mass is 9.97. The third kappa shape index (κ3) is 4.02. The van der Waals surface area contributed by atoms with Gasteiger partial charge < -0.3 is 10.1 Å². The largest absolute Gasteiger partial charge is 0.495 e. The first-order chi connectivity index (χ1) is 15.7. The van der Waals surface area contributed by atoms with Gasteiger partial charge in [0.2, 0.25) is 0 Å². The number of imide groups is 1. The van der Waals surface area contributed by atoms with E-state index in [4.69, 9.17) is 4.74 Å². The smallest absolute Gasteiger partial charge is 0.282 e. The highest BCUT2D eigenvalue weighted by atomic mass is 16.5. The molecular formula is C28H28N2O3. The van der Waals surface area contributed by atoms with Gasteiger partial charge in [0.25, 0.3) is 11.8 Å². The molecule has 0 fully saturated rings. The molecule has 33 heavy (non-hydrogen) atoms. The molecule has 1 aliphatic rings. The molecule has 0 aliphatic carbocycles. The van der Waals surface area contributed by atoms with Gasteiger partial charge in [-0.25, -0.2) is 4.90 Å². The predicted octanol–water partition coefficient (Wildman–Crippen LogP) is 5.63. The lowest BCUT2D eigenvalue weighted by molar-refractivity contribution is -0.120. The average molecular weight is 441 g/mol. The first-order valence-electron chi connectivity index (χ1n) is 10.9. The topological polar surface area (TPSA) is 58.6 Å². The fourth-order valence-electron chi connectivity index (χ4n) is 4.14. The summed E-state index contributed by atoms with van der Waals surface area (Å²) in [5.74, 6) is -0.135. The Hall–Kier alpha value is -3.86. The third-order valence-electron chi connectivity index (χ3n) is 6.10. The van der Waals surface area contributed by atoms with Crippen molar-refractivity contribution in [2.75, 3.05) is 17.3 Å². The minimum atomic E-state index is -0.387. The minimum Gasteiger partial charge on any atom is -0.495 e. The summed E-state index contributed by atoms with van der Waals surface area (Å²) in [6.45, 7) is 9.90. The average Bonchev–Trinajstić information content (AvgIpc) is 3.00. The van der Waals surface area contributed by atoms with E-state index in [1.807, 2.05) is 89.2 Å². The fourth-order valence-corrected chi connectivity index (χ4v) is 4.14. The standard InChI is InChI=1S/C28H28N2O3/c1-16-7-11-22(20(5)13-16)25-26(29-23-14-17(2)8-12-24(23)33-6)28(32)30(27(25)31)21-10-9-18(3)19(4)15-21/h7-15,29H,1-6H3. The van der Waals surface area contributed by atoms with Crippen LogP contribution in [0.2, 0.25) is 0 Å². The molecule has 4 rings (SSSR count). The van der Waals surface area contributed by atoms with Gasteiger partial charge in [-0.3, -0.25) is 9.59 Å². The van der Waals surface area contributed by atoms with Crippen LogP contribution in [0.1, 0.15) is 33.4 Å². The second-order valence-corrected chi connectivity index (χ2v) is 8.61. The van der Waals surface area contributed by atoms with Gasteiger partial charge in [-0.05, 0) is 86.7 Å². The molecule has 0 radical (unpaired) electrons. The number of carbonyl (C=O) groups excluding carboxylic acids is 2. The molecule has 3 aromatic rings. The summed E-state index contributed by atoms with van der Waals surface area (Å²) in [5.41, 5.74) is 7.69. The van der Waals surface area contributed by atoms with Crippen LogP contribution in [0.5, 0.6) is 5.75 Å². The van der Waals surface area contributed by atoms with E-state index in [0.717, 1.165) is 33.4 Å².